The molecule has 300 valence electrons. The summed E-state index contributed by atoms with van der Waals surface area (Å²) < 4.78 is 60.7. The molecule has 0 bridgehead atoms. The van der Waals surface area contributed by atoms with Crippen LogP contribution in [0.25, 0.3) is 11.2 Å². The number of nitrogens with one attached hydrogen (secondary N) is 2. The van der Waals surface area contributed by atoms with Crippen LogP contribution in [-0.2, 0) is 50.7 Å². The van der Waals surface area contributed by atoms with Crippen molar-refractivity contribution in [3.63, 3.8) is 0 Å². The Kier molecular flexibility index (Phi) is 18.8. The molecule has 1 saturated heterocycles. The van der Waals surface area contributed by atoms with Crippen LogP contribution in [-0.4, -0.2) is 108 Å². The third-order valence-electron chi connectivity index (χ3n) is 7.20. The van der Waals surface area contributed by atoms with Gasteiger partial charge in [0.2, 0.25) is 11.8 Å². The molecule has 54 heavy (non-hydrogen) atoms. The monoisotopic (exact) mass is 857 g/mol. The number of imidazole rings is 1. The van der Waals surface area contributed by atoms with E-state index in [1.54, 1.807) is 0 Å². The molecule has 8 unspecified atom stereocenters. The zero-order valence-electron chi connectivity index (χ0n) is 29.4. The smallest absolute Gasteiger partial charge is 0.756 e. The quantitative estimate of drug-likeness (QED) is 0.0387. The van der Waals surface area contributed by atoms with Gasteiger partial charge >= 0.3 is 29.6 Å². The summed E-state index contributed by atoms with van der Waals surface area (Å²) in [7, 11) is -17.3. The second kappa shape index (κ2) is 20.8. The Labute approximate surface area is 334 Å². The van der Waals surface area contributed by atoms with E-state index in [0.717, 1.165) is 29.0 Å². The molecule has 3 heterocycles. The van der Waals surface area contributed by atoms with E-state index in [0.29, 0.717) is 18.6 Å². The van der Waals surface area contributed by atoms with Crippen LogP contribution in [0.1, 0.15) is 46.3 Å². The number of aliphatic hydroxyl groups is 2. The molecular weight excluding hydrogens is 818 g/mol. The van der Waals surface area contributed by atoms with Gasteiger partial charge in [-0.1, -0.05) is 32.5 Å². The molecule has 8 atom stereocenters. The third-order valence-corrected chi connectivity index (χ3v) is 11.2. The van der Waals surface area contributed by atoms with Gasteiger partial charge in [-0.3, -0.25) is 32.6 Å². The number of nitrogens with two attached hydrogens (primary N) is 1. The third kappa shape index (κ3) is 14.8. The molecule has 2 aromatic rings. The van der Waals surface area contributed by atoms with E-state index < -0.39 is 84.6 Å². The Balaban J connectivity index is 0.0000101. The van der Waals surface area contributed by atoms with Crippen LogP contribution in [0.15, 0.2) is 12.7 Å². The maximum absolute atomic E-state index is 12.5. The number of thioether (sulfide) groups is 1. The number of amides is 2. The first-order valence-corrected chi connectivity index (χ1v) is 21.0. The van der Waals surface area contributed by atoms with Crippen LogP contribution < -0.4 is 60.6 Å². The number of phosphoric ester groups is 3. The Hall–Kier alpha value is -1.44. The summed E-state index contributed by atoms with van der Waals surface area (Å²) in [5, 5.41) is 26.1. The fourth-order valence-corrected chi connectivity index (χ4v) is 8.08. The Morgan fingerprint density at radius 3 is 2.41 bits per heavy atom. The minimum absolute atomic E-state index is 0. The molecule has 1 aliphatic heterocycles. The molecule has 1 fully saturated rings. The number of aromatic nitrogens is 4. The van der Waals surface area contributed by atoms with Crippen molar-refractivity contribution < 1.29 is 110 Å². The predicted molar refractivity (Wildman–Crippen MR) is 175 cm³/mol. The minimum atomic E-state index is -5.89. The van der Waals surface area contributed by atoms with E-state index in [9.17, 15) is 57.9 Å². The molecule has 24 nitrogen and oxygen atoms in total. The van der Waals surface area contributed by atoms with E-state index in [4.69, 9.17) is 10.5 Å². The Bertz CT molecular complexity index is 1750. The molecule has 0 saturated carbocycles. The summed E-state index contributed by atoms with van der Waals surface area (Å²) in [6, 6.07) is 0. The Morgan fingerprint density at radius 1 is 1.09 bits per heavy atom. The largest absolute Gasteiger partial charge is 1.00 e. The van der Waals surface area contributed by atoms with Gasteiger partial charge in [-0.15, -0.1) is 0 Å². The second-order valence-corrected chi connectivity index (χ2v) is 17.2. The topological polar surface area (TPSA) is 372 Å². The first-order valence-electron chi connectivity index (χ1n) is 15.5. The molecule has 7 N–H and O–H groups in total. The van der Waals surface area contributed by atoms with Gasteiger partial charge in [-0.2, -0.15) is 0 Å². The summed E-state index contributed by atoms with van der Waals surface area (Å²) in [4.78, 5) is 93.2. The molecular formula is C25H39N7NaO17P3S-2. The molecule has 0 aliphatic carbocycles. The van der Waals surface area contributed by atoms with Gasteiger partial charge in [0, 0.05) is 37.1 Å². The van der Waals surface area contributed by atoms with Gasteiger partial charge in [0.25, 0.3) is 23.5 Å². The first-order chi connectivity index (χ1) is 24.6. The maximum atomic E-state index is 12.5. The van der Waals surface area contributed by atoms with Gasteiger partial charge in [-0.05, 0) is 6.42 Å². The van der Waals surface area contributed by atoms with Crippen LogP contribution in [0.4, 0.5) is 5.82 Å². The SMILES string of the molecule is CCCC(=O)SCCNC(=O)CCNC(=O)C(O)C(C)(C)COP(=O)([O-])OP(=O)([O-])OCC1OC(n2cnc3c(N)ncnc32)C(O)C1OP(=O)([O-])O.[Na+]. The van der Waals surface area contributed by atoms with Crippen molar-refractivity contribution in [1.82, 2.24) is 30.2 Å². The number of hydrogen-bond donors (Lipinski definition) is 6. The summed E-state index contributed by atoms with van der Waals surface area (Å²) in [6.07, 6.45) is -6.21. The zero-order valence-corrected chi connectivity index (χ0v) is 34.9. The van der Waals surface area contributed by atoms with E-state index in [2.05, 4.69) is 43.5 Å². The van der Waals surface area contributed by atoms with Crippen molar-refractivity contribution in [2.75, 3.05) is 37.8 Å². The second-order valence-electron chi connectivity index (χ2n) is 12.0. The van der Waals surface area contributed by atoms with Crippen molar-refractivity contribution in [1.29, 1.82) is 0 Å². The average molecular weight is 858 g/mol. The molecule has 0 spiro atoms. The Morgan fingerprint density at radius 2 is 1.76 bits per heavy atom. The summed E-state index contributed by atoms with van der Waals surface area (Å²) in [6.45, 7) is 2.06. The van der Waals surface area contributed by atoms with Crippen LogP contribution >= 0.6 is 35.2 Å². The number of rotatable bonds is 21. The van der Waals surface area contributed by atoms with Gasteiger partial charge in [0.15, 0.2) is 22.8 Å². The van der Waals surface area contributed by atoms with Crippen molar-refractivity contribution >= 4 is 69.1 Å². The number of nitrogen functional groups attached to an aromatic ring is 1. The van der Waals surface area contributed by atoms with Crippen molar-refractivity contribution in [3.8, 4) is 0 Å². The summed E-state index contributed by atoms with van der Waals surface area (Å²) in [5.41, 5.74) is 4.11. The number of fused-ring (bicyclic) bond motifs is 1. The van der Waals surface area contributed by atoms with Crippen molar-refractivity contribution in [3.05, 3.63) is 12.7 Å². The standard InChI is InChI=1S/C25H42N7O17P3S.Na/c1-4-5-16(34)53-9-8-27-15(33)6-7-28-23(37)20(36)25(2,3)11-46-52(43,44)49-51(41,42)45-10-14-19(48-50(38,39)40)18(35)24(47-14)32-13-31-17-21(26)29-12-30-22(17)32;/h12-14,18-20,24,35-36H,4-11H2,1-3H3,(H,27,33)(H,28,37)(H,41,42)(H,43,44)(H2,26,29,30)(H2,38,39,40);/q;+1/p-3. The number of anilines is 1. The number of ether oxygens (including phenoxy) is 1. The number of carbonyl (C=O) groups is 3. The van der Waals surface area contributed by atoms with E-state index >= 15 is 0 Å². The fourth-order valence-electron chi connectivity index (χ4n) is 4.55. The van der Waals surface area contributed by atoms with Gasteiger partial charge in [0.1, 0.15) is 36.3 Å². The van der Waals surface area contributed by atoms with Crippen LogP contribution in [0, 0.1) is 5.41 Å². The van der Waals surface area contributed by atoms with E-state index in [1.807, 2.05) is 6.92 Å². The predicted octanol–water partition coefficient (Wildman–Crippen LogP) is -5.43. The van der Waals surface area contributed by atoms with Crippen LogP contribution in [0.5, 0.6) is 0 Å². The zero-order chi connectivity index (χ0) is 39.8. The van der Waals surface area contributed by atoms with Gasteiger partial charge in [-0.25, -0.2) is 19.3 Å². The number of hydrogen-bond acceptors (Lipinski definition) is 21. The minimum Gasteiger partial charge on any atom is -0.756 e. The van der Waals surface area contributed by atoms with E-state index in [-0.39, 0.29) is 71.2 Å². The van der Waals surface area contributed by atoms with Crippen LogP contribution in [0.2, 0.25) is 0 Å². The first kappa shape index (κ1) is 48.7. The molecule has 0 aromatic carbocycles. The van der Waals surface area contributed by atoms with Crippen LogP contribution in [0.3, 0.4) is 0 Å². The number of nitrogens with zero attached hydrogens (tertiary/aromatic N) is 4. The van der Waals surface area contributed by atoms with Gasteiger partial charge in [0.05, 0.1) is 19.5 Å². The van der Waals surface area contributed by atoms with Crippen molar-refractivity contribution in [2.45, 2.75) is 70.7 Å². The fraction of sp³-hybridized carbons (Fsp3) is 0.680. The van der Waals surface area contributed by atoms with E-state index in [1.165, 1.54) is 13.8 Å². The number of aliphatic hydroxyl groups excluding tert-OH is 2. The molecule has 2 aromatic heterocycles. The van der Waals surface area contributed by atoms with Crippen molar-refractivity contribution in [2.24, 2.45) is 5.41 Å². The number of carbonyl (C=O) groups excluding carboxylic acids is 3. The molecule has 2 amide bonds. The maximum Gasteiger partial charge on any atom is 1.00 e. The van der Waals surface area contributed by atoms with Gasteiger partial charge < -0.3 is 64.5 Å². The normalized spacial score (nSPS) is 22.7. The summed E-state index contributed by atoms with van der Waals surface area (Å²) in [5.74, 6) is -1.14. The number of phosphoric acid groups is 3. The summed E-state index contributed by atoms with van der Waals surface area (Å²) >= 11 is 1.08. The molecule has 0 radical (unpaired) electrons. The molecule has 29 heteroatoms. The molecule has 1 aliphatic rings. The molecule has 3 rings (SSSR count). The average Bonchev–Trinajstić information content (AvgIpc) is 3.61.